The van der Waals surface area contributed by atoms with Gasteiger partial charge in [-0.3, -0.25) is 4.90 Å². The number of morpholine rings is 1. The molecule has 4 nitrogen and oxygen atoms in total. The normalized spacial score (nSPS) is 20.3. The smallest absolute Gasteiger partial charge is 0.118 e. The molecule has 1 aliphatic heterocycles. The van der Waals surface area contributed by atoms with Gasteiger partial charge in [0.25, 0.3) is 0 Å². The van der Waals surface area contributed by atoms with E-state index in [2.05, 4.69) is 44.0 Å². The summed E-state index contributed by atoms with van der Waals surface area (Å²) in [6.45, 7) is 14.4. The third-order valence-electron chi connectivity index (χ3n) is 4.00. The van der Waals surface area contributed by atoms with Crippen molar-refractivity contribution in [3.63, 3.8) is 0 Å². The number of hydrogen-bond acceptors (Lipinski definition) is 4. The third-order valence-corrected chi connectivity index (χ3v) is 4.00. The molecule has 0 spiro atoms. The lowest BCUT2D eigenvalue weighted by molar-refractivity contribution is -0.0342. The molecule has 0 aromatic carbocycles. The summed E-state index contributed by atoms with van der Waals surface area (Å²) in [7, 11) is 0. The quantitative estimate of drug-likeness (QED) is 0.839. The van der Waals surface area contributed by atoms with Gasteiger partial charge in [-0.2, -0.15) is 0 Å². The Kier molecular flexibility index (Phi) is 6.27. The van der Waals surface area contributed by atoms with Gasteiger partial charge < -0.3 is 14.5 Å². The summed E-state index contributed by atoms with van der Waals surface area (Å²) in [5, 5.41) is 3.48. The molecular weight excluding hydrogens is 264 g/mol. The molecule has 0 amide bonds. The van der Waals surface area contributed by atoms with Gasteiger partial charge in [-0.15, -0.1) is 0 Å². The first-order valence-electron chi connectivity index (χ1n) is 8.21. The minimum Gasteiger partial charge on any atom is -0.465 e. The molecule has 1 unspecified atom stereocenters. The van der Waals surface area contributed by atoms with Crippen LogP contribution in [0.5, 0.6) is 0 Å². The Hall–Kier alpha value is -0.840. The van der Waals surface area contributed by atoms with Crippen molar-refractivity contribution >= 4 is 0 Å². The number of rotatable bonds is 7. The topological polar surface area (TPSA) is 37.6 Å². The molecule has 0 aliphatic carbocycles. The van der Waals surface area contributed by atoms with Gasteiger partial charge in [-0.25, -0.2) is 0 Å². The van der Waals surface area contributed by atoms with E-state index in [0.717, 1.165) is 57.3 Å². The predicted molar refractivity (Wildman–Crippen MR) is 85.3 cm³/mol. The summed E-state index contributed by atoms with van der Waals surface area (Å²) in [5.41, 5.74) is 1.28. The van der Waals surface area contributed by atoms with Crippen LogP contribution in [-0.4, -0.2) is 37.2 Å². The van der Waals surface area contributed by atoms with E-state index in [9.17, 15) is 0 Å². The van der Waals surface area contributed by atoms with E-state index in [1.54, 1.807) is 0 Å². The van der Waals surface area contributed by atoms with Crippen LogP contribution in [0.4, 0.5) is 0 Å². The highest BCUT2D eigenvalue weighted by Gasteiger charge is 2.20. The van der Waals surface area contributed by atoms with Crippen LogP contribution in [0.3, 0.4) is 0 Å². The van der Waals surface area contributed by atoms with Gasteiger partial charge in [0.05, 0.1) is 19.3 Å². The number of ether oxygens (including phenoxy) is 1. The fourth-order valence-corrected chi connectivity index (χ4v) is 2.73. The Morgan fingerprint density at radius 1 is 1.43 bits per heavy atom. The van der Waals surface area contributed by atoms with Crippen molar-refractivity contribution in [2.45, 2.75) is 53.3 Å². The van der Waals surface area contributed by atoms with Gasteiger partial charge in [0, 0.05) is 25.2 Å². The Bertz CT molecular complexity index is 428. The maximum Gasteiger partial charge on any atom is 0.118 e. The number of aryl methyl sites for hydroxylation is 1. The van der Waals surface area contributed by atoms with E-state index < -0.39 is 0 Å². The molecule has 1 N–H and O–H groups in total. The lowest BCUT2D eigenvalue weighted by Gasteiger charge is -2.31. The largest absolute Gasteiger partial charge is 0.465 e. The summed E-state index contributed by atoms with van der Waals surface area (Å²) in [4.78, 5) is 2.43. The van der Waals surface area contributed by atoms with Gasteiger partial charge in [0.15, 0.2) is 0 Å². The first-order valence-corrected chi connectivity index (χ1v) is 8.21. The van der Waals surface area contributed by atoms with Crippen molar-refractivity contribution in [2.24, 2.45) is 5.92 Å². The molecule has 1 saturated heterocycles. The first-order chi connectivity index (χ1) is 10.1. The Balaban J connectivity index is 1.86. The molecule has 2 rings (SSSR count). The van der Waals surface area contributed by atoms with E-state index in [1.165, 1.54) is 5.56 Å². The van der Waals surface area contributed by atoms with Crippen LogP contribution in [0, 0.1) is 12.8 Å². The Morgan fingerprint density at radius 3 is 2.95 bits per heavy atom. The summed E-state index contributed by atoms with van der Waals surface area (Å²) in [5.74, 6) is 2.79. The van der Waals surface area contributed by atoms with Crippen molar-refractivity contribution in [2.75, 3.05) is 26.2 Å². The third kappa shape index (κ3) is 5.13. The van der Waals surface area contributed by atoms with Gasteiger partial charge in [-0.05, 0) is 31.9 Å². The summed E-state index contributed by atoms with van der Waals surface area (Å²) in [6.07, 6.45) is 1.46. The molecule has 0 bridgehead atoms. The van der Waals surface area contributed by atoms with E-state index in [4.69, 9.17) is 9.15 Å². The van der Waals surface area contributed by atoms with Gasteiger partial charge in [-0.1, -0.05) is 20.8 Å². The van der Waals surface area contributed by atoms with Gasteiger partial charge in [0.1, 0.15) is 11.5 Å². The van der Waals surface area contributed by atoms with Crippen LogP contribution < -0.4 is 5.32 Å². The summed E-state index contributed by atoms with van der Waals surface area (Å²) in [6, 6.07) is 2.21. The monoisotopic (exact) mass is 294 g/mol. The number of furan rings is 1. The maximum atomic E-state index is 5.92. The lowest BCUT2D eigenvalue weighted by Crippen LogP contribution is -2.41. The molecule has 21 heavy (non-hydrogen) atoms. The zero-order valence-corrected chi connectivity index (χ0v) is 13.9. The summed E-state index contributed by atoms with van der Waals surface area (Å²) < 4.78 is 11.6. The van der Waals surface area contributed by atoms with E-state index in [0.29, 0.717) is 12.0 Å². The fourth-order valence-electron chi connectivity index (χ4n) is 2.73. The Labute approximate surface area is 128 Å². The standard InChI is InChI=1S/C17H30N2O2/c1-5-16-11-19(6-7-20-16)12-17-8-15(14(4)21-17)10-18-9-13(2)3/h8,13,16,18H,5-7,9-12H2,1-4H3. The lowest BCUT2D eigenvalue weighted by atomic mass is 10.2. The van der Waals surface area contributed by atoms with Crippen LogP contribution in [0.25, 0.3) is 0 Å². The van der Waals surface area contributed by atoms with E-state index in [-0.39, 0.29) is 0 Å². The fraction of sp³-hybridized carbons (Fsp3) is 0.765. The SMILES string of the molecule is CCC1CN(Cc2cc(CNCC(C)C)c(C)o2)CCO1. The molecule has 1 atom stereocenters. The minimum atomic E-state index is 0.377. The Morgan fingerprint density at radius 2 is 2.24 bits per heavy atom. The zero-order valence-electron chi connectivity index (χ0n) is 13.9. The van der Waals surface area contributed by atoms with E-state index >= 15 is 0 Å². The second-order valence-corrected chi connectivity index (χ2v) is 6.46. The van der Waals surface area contributed by atoms with Gasteiger partial charge >= 0.3 is 0 Å². The molecule has 2 heterocycles. The van der Waals surface area contributed by atoms with Crippen molar-refractivity contribution in [1.82, 2.24) is 10.2 Å². The minimum absolute atomic E-state index is 0.377. The molecular formula is C17H30N2O2. The molecule has 4 heteroatoms. The number of hydrogen-bond donors (Lipinski definition) is 1. The highest BCUT2D eigenvalue weighted by atomic mass is 16.5. The molecule has 0 radical (unpaired) electrons. The van der Waals surface area contributed by atoms with Crippen LogP contribution in [0.1, 0.15) is 44.3 Å². The number of nitrogens with zero attached hydrogens (tertiary/aromatic N) is 1. The van der Waals surface area contributed by atoms with Crippen molar-refractivity contribution in [3.8, 4) is 0 Å². The second-order valence-electron chi connectivity index (χ2n) is 6.46. The highest BCUT2D eigenvalue weighted by Crippen LogP contribution is 2.18. The molecule has 1 aliphatic rings. The summed E-state index contributed by atoms with van der Waals surface area (Å²) >= 11 is 0. The molecule has 1 aromatic rings. The highest BCUT2D eigenvalue weighted by molar-refractivity contribution is 5.20. The number of nitrogens with one attached hydrogen (secondary N) is 1. The van der Waals surface area contributed by atoms with Gasteiger partial charge in [0.2, 0.25) is 0 Å². The van der Waals surface area contributed by atoms with Crippen LogP contribution in [0.2, 0.25) is 0 Å². The zero-order chi connectivity index (χ0) is 15.2. The van der Waals surface area contributed by atoms with Crippen molar-refractivity contribution < 1.29 is 9.15 Å². The van der Waals surface area contributed by atoms with Crippen molar-refractivity contribution in [3.05, 3.63) is 23.2 Å². The molecule has 0 saturated carbocycles. The first kappa shape index (κ1) is 16.5. The average molecular weight is 294 g/mol. The van der Waals surface area contributed by atoms with Crippen LogP contribution in [-0.2, 0) is 17.8 Å². The molecule has 1 fully saturated rings. The average Bonchev–Trinajstić information content (AvgIpc) is 2.79. The van der Waals surface area contributed by atoms with Crippen molar-refractivity contribution in [1.29, 1.82) is 0 Å². The predicted octanol–water partition coefficient (Wildman–Crippen LogP) is 2.94. The second kappa shape index (κ2) is 7.97. The van der Waals surface area contributed by atoms with Crippen LogP contribution in [0.15, 0.2) is 10.5 Å². The van der Waals surface area contributed by atoms with E-state index in [1.807, 2.05) is 0 Å². The molecule has 120 valence electrons. The maximum absolute atomic E-state index is 5.92. The van der Waals surface area contributed by atoms with Crippen LogP contribution >= 0.6 is 0 Å². The molecule has 1 aromatic heterocycles.